The monoisotopic (exact) mass is 336 g/mol. The van der Waals surface area contributed by atoms with Crippen LogP contribution in [0.25, 0.3) is 0 Å². The smallest absolute Gasteiger partial charge is 0.249 e. The summed E-state index contributed by atoms with van der Waals surface area (Å²) in [6.45, 7) is 1.63. The second-order valence-electron chi connectivity index (χ2n) is 3.30. The number of nitrogens with zero attached hydrogens (tertiary/aromatic N) is 1. The van der Waals surface area contributed by atoms with E-state index in [1.54, 1.807) is 31.2 Å². The van der Waals surface area contributed by atoms with Crippen LogP contribution in [0, 0.1) is 11.3 Å². The van der Waals surface area contributed by atoms with Crippen molar-refractivity contribution in [1.29, 1.82) is 5.26 Å². The molecule has 4 nitrogen and oxygen atoms in total. The number of benzene rings is 1. The lowest BCUT2D eigenvalue weighted by atomic mass is 10.3. The second-order valence-corrected chi connectivity index (χ2v) is 6.48. The van der Waals surface area contributed by atoms with Crippen molar-refractivity contribution in [2.24, 2.45) is 0 Å². The van der Waals surface area contributed by atoms with Gasteiger partial charge in [-0.2, -0.15) is 5.26 Å². The van der Waals surface area contributed by atoms with Crippen molar-refractivity contribution < 1.29 is 8.42 Å². The molecule has 0 aliphatic rings. The van der Waals surface area contributed by atoms with Crippen LogP contribution in [0.15, 0.2) is 22.7 Å². The predicted molar refractivity (Wildman–Crippen MR) is 71.4 cm³/mol. The van der Waals surface area contributed by atoms with E-state index >= 15 is 0 Å². The third-order valence-corrected chi connectivity index (χ3v) is 4.59. The van der Waals surface area contributed by atoms with Crippen LogP contribution in [-0.2, 0) is 10.0 Å². The SMILES string of the molecule is CCC(C#N)S(=O)(=O)Nc1cc(Br)ccc1Cl. The Hall–Kier alpha value is -0.770. The third kappa shape index (κ3) is 3.60. The van der Waals surface area contributed by atoms with Gasteiger partial charge in [0, 0.05) is 4.47 Å². The molecule has 1 unspecified atom stereocenters. The maximum absolute atomic E-state index is 11.8. The van der Waals surface area contributed by atoms with E-state index in [1.165, 1.54) is 0 Å². The first kappa shape index (κ1) is 14.3. The van der Waals surface area contributed by atoms with Gasteiger partial charge in [-0.3, -0.25) is 4.72 Å². The number of halogens is 2. The van der Waals surface area contributed by atoms with Gasteiger partial charge in [-0.25, -0.2) is 8.42 Å². The van der Waals surface area contributed by atoms with Crippen molar-refractivity contribution in [1.82, 2.24) is 0 Å². The molecular formula is C10H10BrClN2O2S. The zero-order valence-electron chi connectivity index (χ0n) is 8.94. The lowest BCUT2D eigenvalue weighted by Gasteiger charge is -2.12. The van der Waals surface area contributed by atoms with Crippen molar-refractivity contribution in [2.45, 2.75) is 18.6 Å². The number of sulfonamides is 1. The number of rotatable bonds is 4. The number of hydrogen-bond acceptors (Lipinski definition) is 3. The van der Waals surface area contributed by atoms with Gasteiger partial charge in [0.25, 0.3) is 0 Å². The second kappa shape index (κ2) is 5.71. The van der Waals surface area contributed by atoms with Crippen LogP contribution in [0.4, 0.5) is 5.69 Å². The molecule has 0 fully saturated rings. The van der Waals surface area contributed by atoms with Crippen molar-refractivity contribution >= 4 is 43.2 Å². The minimum atomic E-state index is -3.73. The molecule has 92 valence electrons. The average Bonchev–Trinajstić information content (AvgIpc) is 2.24. The van der Waals surface area contributed by atoms with E-state index in [4.69, 9.17) is 16.9 Å². The summed E-state index contributed by atoms with van der Waals surface area (Å²) < 4.78 is 26.7. The summed E-state index contributed by atoms with van der Waals surface area (Å²) in [5.41, 5.74) is 0.259. The first-order valence-corrected chi connectivity index (χ1v) is 7.48. The van der Waals surface area contributed by atoms with Gasteiger partial charge in [-0.05, 0) is 24.6 Å². The zero-order valence-corrected chi connectivity index (χ0v) is 12.1. The van der Waals surface area contributed by atoms with E-state index < -0.39 is 15.3 Å². The Labute approximate surface area is 114 Å². The summed E-state index contributed by atoms with van der Waals surface area (Å²) in [6.07, 6.45) is 0.220. The summed E-state index contributed by atoms with van der Waals surface area (Å²) >= 11 is 9.08. The lowest BCUT2D eigenvalue weighted by Crippen LogP contribution is -2.26. The van der Waals surface area contributed by atoms with Crippen molar-refractivity contribution in [3.05, 3.63) is 27.7 Å². The molecule has 0 saturated carbocycles. The molecule has 7 heteroatoms. The number of nitriles is 1. The van der Waals surface area contributed by atoms with Crippen LogP contribution in [-0.4, -0.2) is 13.7 Å². The van der Waals surface area contributed by atoms with E-state index in [0.29, 0.717) is 4.47 Å². The van der Waals surface area contributed by atoms with Crippen LogP contribution in [0.2, 0.25) is 5.02 Å². The Kier molecular flexibility index (Phi) is 4.80. The van der Waals surface area contributed by atoms with E-state index in [0.717, 1.165) is 0 Å². The Morgan fingerprint density at radius 2 is 2.24 bits per heavy atom. The highest BCUT2D eigenvalue weighted by molar-refractivity contribution is 9.10. The summed E-state index contributed by atoms with van der Waals surface area (Å²) in [5, 5.41) is 7.95. The maximum atomic E-state index is 11.8. The van der Waals surface area contributed by atoms with Crippen LogP contribution in [0.3, 0.4) is 0 Å². The molecule has 0 aliphatic carbocycles. The fourth-order valence-electron chi connectivity index (χ4n) is 1.18. The van der Waals surface area contributed by atoms with Gasteiger partial charge in [0.2, 0.25) is 10.0 Å². The van der Waals surface area contributed by atoms with Crippen LogP contribution < -0.4 is 4.72 Å². The van der Waals surface area contributed by atoms with E-state index in [9.17, 15) is 8.42 Å². The largest absolute Gasteiger partial charge is 0.281 e. The molecule has 0 spiro atoms. The van der Waals surface area contributed by atoms with Gasteiger partial charge in [-0.15, -0.1) is 0 Å². The highest BCUT2D eigenvalue weighted by atomic mass is 79.9. The highest BCUT2D eigenvalue weighted by Gasteiger charge is 2.24. The van der Waals surface area contributed by atoms with E-state index in [-0.39, 0.29) is 17.1 Å². The molecule has 17 heavy (non-hydrogen) atoms. The maximum Gasteiger partial charge on any atom is 0.249 e. The Bertz CT molecular complexity index is 554. The molecule has 1 aromatic rings. The molecule has 1 N–H and O–H groups in total. The Morgan fingerprint density at radius 1 is 1.59 bits per heavy atom. The standard InChI is InChI=1S/C10H10BrClN2O2S/c1-2-8(6-13)17(15,16)14-10-5-7(11)3-4-9(10)12/h3-5,8,14H,2H2,1H3. The minimum Gasteiger partial charge on any atom is -0.281 e. The third-order valence-electron chi connectivity index (χ3n) is 2.07. The van der Waals surface area contributed by atoms with Crippen LogP contribution >= 0.6 is 27.5 Å². The predicted octanol–water partition coefficient (Wildman–Crippen LogP) is 3.15. The molecule has 1 rings (SSSR count). The summed E-state index contributed by atoms with van der Waals surface area (Å²) in [7, 11) is -3.73. The number of nitrogens with one attached hydrogen (secondary N) is 1. The van der Waals surface area contributed by atoms with E-state index in [2.05, 4.69) is 20.7 Å². The number of hydrogen-bond donors (Lipinski definition) is 1. The summed E-state index contributed by atoms with van der Waals surface area (Å²) in [4.78, 5) is 0. The lowest BCUT2D eigenvalue weighted by molar-refractivity contribution is 0.593. The van der Waals surface area contributed by atoms with Crippen molar-refractivity contribution in [2.75, 3.05) is 4.72 Å². The first-order valence-electron chi connectivity index (χ1n) is 4.77. The van der Waals surface area contributed by atoms with Crippen LogP contribution in [0.1, 0.15) is 13.3 Å². The molecule has 0 aliphatic heterocycles. The summed E-state index contributed by atoms with van der Waals surface area (Å²) in [5.74, 6) is 0. The molecule has 0 bridgehead atoms. The van der Waals surface area contributed by atoms with Gasteiger partial charge in [0.05, 0.1) is 16.8 Å². The Morgan fingerprint density at radius 3 is 2.76 bits per heavy atom. The molecule has 0 amide bonds. The molecular weight excluding hydrogens is 328 g/mol. The quantitative estimate of drug-likeness (QED) is 0.917. The molecule has 1 atom stereocenters. The van der Waals surface area contributed by atoms with Gasteiger partial charge in [-0.1, -0.05) is 34.5 Å². The molecule has 0 radical (unpaired) electrons. The topological polar surface area (TPSA) is 70.0 Å². The first-order chi connectivity index (χ1) is 7.90. The average molecular weight is 338 g/mol. The molecule has 0 heterocycles. The van der Waals surface area contributed by atoms with Gasteiger partial charge in [0.15, 0.2) is 5.25 Å². The normalized spacial score (nSPS) is 12.8. The highest BCUT2D eigenvalue weighted by Crippen LogP contribution is 2.27. The fourth-order valence-corrected chi connectivity index (χ4v) is 2.96. The van der Waals surface area contributed by atoms with Gasteiger partial charge in [0.1, 0.15) is 0 Å². The number of anilines is 1. The summed E-state index contributed by atoms with van der Waals surface area (Å²) in [6, 6.07) is 6.55. The molecule has 1 aromatic carbocycles. The van der Waals surface area contributed by atoms with Crippen LogP contribution in [0.5, 0.6) is 0 Å². The van der Waals surface area contributed by atoms with Crippen molar-refractivity contribution in [3.63, 3.8) is 0 Å². The van der Waals surface area contributed by atoms with Gasteiger partial charge < -0.3 is 0 Å². The molecule has 0 saturated heterocycles. The zero-order chi connectivity index (χ0) is 13.1. The van der Waals surface area contributed by atoms with Gasteiger partial charge >= 0.3 is 0 Å². The Balaban J connectivity index is 3.06. The van der Waals surface area contributed by atoms with E-state index in [1.807, 2.05) is 0 Å². The minimum absolute atomic E-state index is 0.220. The van der Waals surface area contributed by atoms with Crippen molar-refractivity contribution in [3.8, 4) is 6.07 Å². The molecule has 0 aromatic heterocycles. The fraction of sp³-hybridized carbons (Fsp3) is 0.300.